The van der Waals surface area contributed by atoms with Crippen LogP contribution in [0.5, 0.6) is 0 Å². The standard InChI is InChI=1S/C17H22N4O8/c1-18-11-8(15(24)28-5)7(14(23)27-4)9(16(25)29-6)21(11)10-12(18)19(2)17(26)20(3)13(10)22/h7-9,11H,1-6H3. The van der Waals surface area contributed by atoms with E-state index in [1.807, 2.05) is 0 Å². The van der Waals surface area contributed by atoms with E-state index in [1.165, 1.54) is 28.5 Å². The lowest BCUT2D eigenvalue weighted by atomic mass is 9.88. The lowest BCUT2D eigenvalue weighted by Crippen LogP contribution is -2.48. The summed E-state index contributed by atoms with van der Waals surface area (Å²) in [5.74, 6) is -4.63. The smallest absolute Gasteiger partial charge is 0.332 e. The van der Waals surface area contributed by atoms with Crippen molar-refractivity contribution >= 4 is 29.4 Å². The summed E-state index contributed by atoms with van der Waals surface area (Å²) in [4.78, 5) is 66.2. The van der Waals surface area contributed by atoms with E-state index in [9.17, 15) is 24.0 Å². The van der Waals surface area contributed by atoms with Crippen LogP contribution in [0.2, 0.25) is 0 Å². The Morgan fingerprint density at radius 1 is 0.793 bits per heavy atom. The van der Waals surface area contributed by atoms with E-state index < -0.39 is 53.2 Å². The quantitative estimate of drug-likeness (QED) is 0.400. The predicted molar refractivity (Wildman–Crippen MR) is 98.4 cm³/mol. The number of hydrogen-bond acceptors (Lipinski definition) is 10. The Bertz CT molecular complexity index is 1010. The fourth-order valence-electron chi connectivity index (χ4n) is 4.36. The highest BCUT2D eigenvalue weighted by Gasteiger charge is 2.64. The van der Waals surface area contributed by atoms with Gasteiger partial charge in [-0.15, -0.1) is 0 Å². The van der Waals surface area contributed by atoms with Crippen molar-refractivity contribution in [3.05, 3.63) is 20.8 Å². The van der Waals surface area contributed by atoms with Crippen molar-refractivity contribution in [2.24, 2.45) is 25.9 Å². The zero-order valence-corrected chi connectivity index (χ0v) is 16.9. The topological polar surface area (TPSA) is 129 Å². The van der Waals surface area contributed by atoms with Gasteiger partial charge in [-0.05, 0) is 0 Å². The molecule has 3 rings (SSSR count). The zero-order valence-electron chi connectivity index (χ0n) is 16.9. The molecule has 158 valence electrons. The molecular weight excluding hydrogens is 388 g/mol. The van der Waals surface area contributed by atoms with Crippen LogP contribution in [0.1, 0.15) is 0 Å². The molecule has 4 atom stereocenters. The molecule has 1 aromatic heterocycles. The van der Waals surface area contributed by atoms with E-state index in [1.54, 1.807) is 7.05 Å². The Hall–Kier alpha value is -3.31. The zero-order chi connectivity index (χ0) is 21.8. The van der Waals surface area contributed by atoms with Crippen LogP contribution in [-0.2, 0) is 42.7 Å². The van der Waals surface area contributed by atoms with E-state index in [0.717, 1.165) is 25.9 Å². The molecule has 4 unspecified atom stereocenters. The number of esters is 3. The molecule has 12 heteroatoms. The molecule has 12 nitrogen and oxygen atoms in total. The summed E-state index contributed by atoms with van der Waals surface area (Å²) in [5, 5.41) is 0. The summed E-state index contributed by atoms with van der Waals surface area (Å²) in [5.41, 5.74) is -1.23. The van der Waals surface area contributed by atoms with Crippen LogP contribution in [0.15, 0.2) is 9.59 Å². The van der Waals surface area contributed by atoms with E-state index in [4.69, 9.17) is 14.2 Å². The Kier molecular flexibility index (Phi) is 4.89. The summed E-state index contributed by atoms with van der Waals surface area (Å²) in [7, 11) is 7.76. The molecule has 0 saturated carbocycles. The molecule has 0 bridgehead atoms. The first kappa shape index (κ1) is 20.4. The number of fused-ring (bicyclic) bond motifs is 3. The van der Waals surface area contributed by atoms with Gasteiger partial charge in [0.15, 0.2) is 0 Å². The third-order valence-electron chi connectivity index (χ3n) is 5.62. The number of anilines is 2. The van der Waals surface area contributed by atoms with Crippen molar-refractivity contribution < 1.29 is 28.6 Å². The minimum atomic E-state index is -1.32. The van der Waals surface area contributed by atoms with Crippen molar-refractivity contribution in [3.63, 3.8) is 0 Å². The summed E-state index contributed by atoms with van der Waals surface area (Å²) >= 11 is 0. The minimum absolute atomic E-state index is 0.0119. The van der Waals surface area contributed by atoms with Crippen molar-refractivity contribution in [1.82, 2.24) is 9.13 Å². The number of rotatable bonds is 3. The van der Waals surface area contributed by atoms with Crippen LogP contribution in [0, 0.1) is 11.8 Å². The summed E-state index contributed by atoms with van der Waals surface area (Å²) in [6, 6.07) is -1.32. The number of ether oxygens (including phenoxy) is 3. The van der Waals surface area contributed by atoms with Crippen LogP contribution in [-0.4, -0.2) is 67.6 Å². The Labute approximate surface area is 165 Å². The molecule has 0 N–H and O–H groups in total. The average Bonchev–Trinajstić information content (AvgIpc) is 3.21. The first-order valence-electron chi connectivity index (χ1n) is 8.68. The molecule has 0 aliphatic carbocycles. The van der Waals surface area contributed by atoms with E-state index in [2.05, 4.69) is 0 Å². The van der Waals surface area contributed by atoms with Gasteiger partial charge in [-0.2, -0.15) is 0 Å². The molecule has 0 radical (unpaired) electrons. The predicted octanol–water partition coefficient (Wildman–Crippen LogP) is -2.20. The van der Waals surface area contributed by atoms with E-state index in [-0.39, 0.29) is 11.5 Å². The fraction of sp³-hybridized carbons (Fsp3) is 0.588. The highest BCUT2D eigenvalue weighted by atomic mass is 16.5. The molecule has 2 aliphatic heterocycles. The monoisotopic (exact) mass is 410 g/mol. The number of carbonyl (C=O) groups excluding carboxylic acids is 3. The number of carbonyl (C=O) groups is 3. The third kappa shape index (κ3) is 2.54. The van der Waals surface area contributed by atoms with Gasteiger partial charge in [0.05, 0.1) is 21.3 Å². The highest BCUT2D eigenvalue weighted by molar-refractivity contribution is 5.97. The second-order valence-electron chi connectivity index (χ2n) is 6.88. The maximum absolute atomic E-state index is 13.0. The van der Waals surface area contributed by atoms with Gasteiger partial charge in [-0.25, -0.2) is 9.59 Å². The lowest BCUT2D eigenvalue weighted by molar-refractivity contribution is -0.159. The van der Waals surface area contributed by atoms with Gasteiger partial charge in [0.1, 0.15) is 35.5 Å². The van der Waals surface area contributed by atoms with Gasteiger partial charge < -0.3 is 24.0 Å². The second-order valence-corrected chi connectivity index (χ2v) is 6.88. The maximum Gasteiger partial charge on any atom is 0.332 e. The molecule has 0 aromatic carbocycles. The molecule has 29 heavy (non-hydrogen) atoms. The summed E-state index contributed by atoms with van der Waals surface area (Å²) in [6.45, 7) is 0. The van der Waals surface area contributed by atoms with Crippen molar-refractivity contribution in [3.8, 4) is 0 Å². The summed E-state index contributed by atoms with van der Waals surface area (Å²) in [6.07, 6.45) is -0.939. The largest absolute Gasteiger partial charge is 0.469 e. The van der Waals surface area contributed by atoms with Gasteiger partial charge in [-0.3, -0.25) is 23.5 Å². The number of hydrogen-bond donors (Lipinski definition) is 0. The van der Waals surface area contributed by atoms with Crippen molar-refractivity contribution in [1.29, 1.82) is 0 Å². The average molecular weight is 410 g/mol. The van der Waals surface area contributed by atoms with Gasteiger partial charge in [0, 0.05) is 21.1 Å². The second kappa shape index (κ2) is 6.94. The Morgan fingerprint density at radius 3 is 1.83 bits per heavy atom. The van der Waals surface area contributed by atoms with Crippen LogP contribution in [0.4, 0.5) is 11.5 Å². The third-order valence-corrected chi connectivity index (χ3v) is 5.62. The van der Waals surface area contributed by atoms with Crippen molar-refractivity contribution in [2.45, 2.75) is 12.2 Å². The molecule has 0 amide bonds. The molecule has 2 aliphatic rings. The first-order valence-corrected chi connectivity index (χ1v) is 8.68. The SMILES string of the molecule is COC(=O)C1C(C(=O)OC)C2N(C)c3c(c(=O)n(C)c(=O)n3C)N2C1C(=O)OC. The highest BCUT2D eigenvalue weighted by Crippen LogP contribution is 2.48. The molecule has 1 aromatic rings. The Balaban J connectivity index is 2.37. The molecule has 1 saturated heterocycles. The number of methoxy groups -OCH3 is 3. The number of nitrogens with zero attached hydrogens (tertiary/aromatic N) is 4. The van der Waals surface area contributed by atoms with Crippen LogP contribution >= 0.6 is 0 Å². The Morgan fingerprint density at radius 2 is 1.31 bits per heavy atom. The summed E-state index contributed by atoms with van der Waals surface area (Å²) < 4.78 is 16.7. The van der Waals surface area contributed by atoms with Crippen molar-refractivity contribution in [2.75, 3.05) is 38.2 Å². The lowest BCUT2D eigenvalue weighted by Gasteiger charge is -2.28. The van der Waals surface area contributed by atoms with Crippen LogP contribution in [0.3, 0.4) is 0 Å². The van der Waals surface area contributed by atoms with Gasteiger partial charge in [-0.1, -0.05) is 0 Å². The molecule has 1 fully saturated rings. The van der Waals surface area contributed by atoms with E-state index >= 15 is 0 Å². The molecule has 3 heterocycles. The number of aromatic nitrogens is 2. The van der Waals surface area contributed by atoms with Gasteiger partial charge >= 0.3 is 23.6 Å². The first-order chi connectivity index (χ1) is 13.6. The molecule has 0 spiro atoms. The van der Waals surface area contributed by atoms with Crippen LogP contribution < -0.4 is 21.0 Å². The normalized spacial score (nSPS) is 24.8. The van der Waals surface area contributed by atoms with Gasteiger partial charge in [0.25, 0.3) is 5.56 Å². The molecular formula is C17H22N4O8. The van der Waals surface area contributed by atoms with E-state index in [0.29, 0.717) is 0 Å². The van der Waals surface area contributed by atoms with Gasteiger partial charge in [0.2, 0.25) is 0 Å². The minimum Gasteiger partial charge on any atom is -0.469 e. The van der Waals surface area contributed by atoms with Crippen LogP contribution in [0.25, 0.3) is 0 Å². The fourth-order valence-corrected chi connectivity index (χ4v) is 4.36. The maximum atomic E-state index is 13.0.